The van der Waals surface area contributed by atoms with E-state index in [9.17, 15) is 18.8 Å². The first-order chi connectivity index (χ1) is 15.4. The molecule has 1 saturated heterocycles. The maximum atomic E-state index is 13.1. The van der Waals surface area contributed by atoms with Crippen LogP contribution >= 0.6 is 0 Å². The minimum atomic E-state index is -0.334. The van der Waals surface area contributed by atoms with Gasteiger partial charge in [-0.2, -0.15) is 0 Å². The van der Waals surface area contributed by atoms with Crippen molar-refractivity contribution in [3.63, 3.8) is 0 Å². The summed E-state index contributed by atoms with van der Waals surface area (Å²) in [6, 6.07) is 12.8. The summed E-state index contributed by atoms with van der Waals surface area (Å²) in [5, 5.41) is 2.91. The predicted molar refractivity (Wildman–Crippen MR) is 122 cm³/mol. The second-order valence-electron chi connectivity index (χ2n) is 8.03. The second kappa shape index (κ2) is 10.9. The van der Waals surface area contributed by atoms with E-state index < -0.39 is 0 Å². The molecule has 0 spiro atoms. The van der Waals surface area contributed by atoms with E-state index in [4.69, 9.17) is 0 Å². The van der Waals surface area contributed by atoms with Gasteiger partial charge in [-0.05, 0) is 62.6 Å². The van der Waals surface area contributed by atoms with Crippen LogP contribution in [0.5, 0.6) is 0 Å². The Balaban J connectivity index is 1.60. The molecule has 3 rings (SSSR count). The lowest BCUT2D eigenvalue weighted by Gasteiger charge is -2.32. The first-order valence-electron chi connectivity index (χ1n) is 11.1. The highest BCUT2D eigenvalue weighted by molar-refractivity contribution is 5.98. The number of piperidine rings is 1. The van der Waals surface area contributed by atoms with Crippen LogP contribution in [0.3, 0.4) is 0 Å². The number of carbonyl (C=O) groups excluding carboxylic acids is 3. The zero-order valence-corrected chi connectivity index (χ0v) is 18.6. The third kappa shape index (κ3) is 5.93. The van der Waals surface area contributed by atoms with Gasteiger partial charge in [0.1, 0.15) is 5.82 Å². The van der Waals surface area contributed by atoms with Crippen molar-refractivity contribution in [2.75, 3.05) is 31.5 Å². The molecule has 1 N–H and O–H groups in total. The second-order valence-corrected chi connectivity index (χ2v) is 8.03. The summed E-state index contributed by atoms with van der Waals surface area (Å²) < 4.78 is 13.1. The van der Waals surface area contributed by atoms with Crippen LogP contribution in [0.1, 0.15) is 42.6 Å². The molecule has 0 radical (unpaired) electrons. The lowest BCUT2D eigenvalue weighted by Crippen LogP contribution is -2.44. The van der Waals surface area contributed by atoms with E-state index in [1.807, 2.05) is 13.8 Å². The van der Waals surface area contributed by atoms with E-state index >= 15 is 0 Å². The summed E-state index contributed by atoms with van der Waals surface area (Å²) >= 11 is 0. The standard InChI is InChI=1S/C25H30FN3O3/c1-3-28(4-2)25(32)19-7-5-9-22(16-19)27-24(31)20-8-6-14-29(17-20)23(30)15-18-10-12-21(26)13-11-18/h5,7,9-13,16,20H,3-4,6,8,14-15,17H2,1-2H3,(H,27,31). The molecule has 7 heteroatoms. The van der Waals surface area contributed by atoms with E-state index in [-0.39, 0.29) is 35.9 Å². The van der Waals surface area contributed by atoms with Crippen molar-refractivity contribution in [3.05, 3.63) is 65.5 Å². The van der Waals surface area contributed by atoms with Crippen LogP contribution in [0.4, 0.5) is 10.1 Å². The van der Waals surface area contributed by atoms with Crippen LogP contribution in [0.15, 0.2) is 48.5 Å². The number of likely N-dealkylation sites (tertiary alicyclic amines) is 1. The smallest absolute Gasteiger partial charge is 0.253 e. The summed E-state index contributed by atoms with van der Waals surface area (Å²) in [5.41, 5.74) is 1.85. The average molecular weight is 440 g/mol. The lowest BCUT2D eigenvalue weighted by atomic mass is 9.96. The number of rotatable bonds is 7. The van der Waals surface area contributed by atoms with E-state index in [0.717, 1.165) is 12.0 Å². The number of nitrogens with one attached hydrogen (secondary N) is 1. The fourth-order valence-electron chi connectivity index (χ4n) is 3.97. The van der Waals surface area contributed by atoms with Crippen LogP contribution in [0.25, 0.3) is 0 Å². The third-order valence-electron chi connectivity index (χ3n) is 5.84. The fraction of sp³-hybridized carbons (Fsp3) is 0.400. The summed E-state index contributed by atoms with van der Waals surface area (Å²) in [6.45, 7) is 6.06. The van der Waals surface area contributed by atoms with Gasteiger partial charge < -0.3 is 15.1 Å². The molecule has 0 aliphatic carbocycles. The van der Waals surface area contributed by atoms with Crippen molar-refractivity contribution in [3.8, 4) is 0 Å². The zero-order chi connectivity index (χ0) is 23.1. The van der Waals surface area contributed by atoms with E-state index in [0.29, 0.717) is 43.9 Å². The SMILES string of the molecule is CCN(CC)C(=O)c1cccc(NC(=O)C2CCCN(C(=O)Cc3ccc(F)cc3)C2)c1. The molecule has 1 atom stereocenters. The molecule has 0 aromatic heterocycles. The van der Waals surface area contributed by atoms with Gasteiger partial charge in [-0.25, -0.2) is 4.39 Å². The van der Waals surface area contributed by atoms with Crippen molar-refractivity contribution >= 4 is 23.4 Å². The van der Waals surface area contributed by atoms with Crippen molar-refractivity contribution in [2.45, 2.75) is 33.1 Å². The van der Waals surface area contributed by atoms with Crippen LogP contribution in [0.2, 0.25) is 0 Å². The summed E-state index contributed by atoms with van der Waals surface area (Å²) in [6.07, 6.45) is 1.63. The summed E-state index contributed by atoms with van der Waals surface area (Å²) in [4.78, 5) is 41.6. The Bertz CT molecular complexity index is 957. The number of benzene rings is 2. The molecular weight excluding hydrogens is 409 g/mol. The van der Waals surface area contributed by atoms with Gasteiger partial charge in [0.15, 0.2) is 0 Å². The minimum absolute atomic E-state index is 0.0682. The quantitative estimate of drug-likeness (QED) is 0.715. The predicted octanol–water partition coefficient (Wildman–Crippen LogP) is 3.73. The van der Waals surface area contributed by atoms with Gasteiger partial charge in [-0.3, -0.25) is 14.4 Å². The van der Waals surface area contributed by atoms with Gasteiger partial charge in [0.05, 0.1) is 12.3 Å². The largest absolute Gasteiger partial charge is 0.342 e. The highest BCUT2D eigenvalue weighted by Gasteiger charge is 2.28. The van der Waals surface area contributed by atoms with Crippen molar-refractivity contribution in [1.29, 1.82) is 0 Å². The van der Waals surface area contributed by atoms with Crippen LogP contribution in [0, 0.1) is 11.7 Å². The number of halogens is 1. The maximum absolute atomic E-state index is 13.1. The van der Waals surface area contributed by atoms with Crippen molar-refractivity contribution in [2.24, 2.45) is 5.92 Å². The number of hydrogen-bond donors (Lipinski definition) is 1. The first kappa shape index (κ1) is 23.4. The Kier molecular flexibility index (Phi) is 7.98. The molecule has 2 aromatic carbocycles. The fourth-order valence-corrected chi connectivity index (χ4v) is 3.97. The Labute approximate surface area is 188 Å². The van der Waals surface area contributed by atoms with Gasteiger partial charge in [-0.15, -0.1) is 0 Å². The zero-order valence-electron chi connectivity index (χ0n) is 18.6. The number of nitrogens with zero attached hydrogens (tertiary/aromatic N) is 2. The number of anilines is 1. The Morgan fingerprint density at radius 3 is 2.50 bits per heavy atom. The number of amides is 3. The van der Waals surface area contributed by atoms with Gasteiger partial charge in [0.2, 0.25) is 11.8 Å². The molecule has 3 amide bonds. The average Bonchev–Trinajstić information content (AvgIpc) is 2.81. The molecule has 1 aliphatic rings. The molecule has 6 nitrogen and oxygen atoms in total. The topological polar surface area (TPSA) is 69.7 Å². The summed E-state index contributed by atoms with van der Waals surface area (Å²) in [5.74, 6) is -0.944. The van der Waals surface area contributed by atoms with Crippen molar-refractivity contribution in [1.82, 2.24) is 9.80 Å². The molecule has 2 aromatic rings. The van der Waals surface area contributed by atoms with E-state index in [1.54, 1.807) is 46.2 Å². The number of hydrogen-bond acceptors (Lipinski definition) is 3. The van der Waals surface area contributed by atoms with Crippen LogP contribution in [-0.2, 0) is 16.0 Å². The minimum Gasteiger partial charge on any atom is -0.342 e. The molecule has 32 heavy (non-hydrogen) atoms. The Hall–Kier alpha value is -3.22. The molecule has 0 bridgehead atoms. The molecule has 1 fully saturated rings. The van der Waals surface area contributed by atoms with E-state index in [1.165, 1.54) is 12.1 Å². The van der Waals surface area contributed by atoms with Gasteiger partial charge >= 0.3 is 0 Å². The van der Waals surface area contributed by atoms with Gasteiger partial charge in [0.25, 0.3) is 5.91 Å². The monoisotopic (exact) mass is 439 g/mol. The Morgan fingerprint density at radius 2 is 1.81 bits per heavy atom. The maximum Gasteiger partial charge on any atom is 0.253 e. The number of carbonyl (C=O) groups is 3. The first-order valence-corrected chi connectivity index (χ1v) is 11.1. The van der Waals surface area contributed by atoms with Crippen LogP contribution in [-0.4, -0.2) is 53.7 Å². The normalized spacial score (nSPS) is 15.8. The van der Waals surface area contributed by atoms with Crippen LogP contribution < -0.4 is 5.32 Å². The highest BCUT2D eigenvalue weighted by Crippen LogP contribution is 2.21. The molecule has 1 unspecified atom stereocenters. The molecule has 0 saturated carbocycles. The lowest BCUT2D eigenvalue weighted by molar-refractivity contribution is -0.133. The third-order valence-corrected chi connectivity index (χ3v) is 5.84. The molecule has 1 heterocycles. The molecule has 170 valence electrons. The summed E-state index contributed by atoms with van der Waals surface area (Å²) in [7, 11) is 0. The van der Waals surface area contributed by atoms with Gasteiger partial charge in [-0.1, -0.05) is 18.2 Å². The Morgan fingerprint density at radius 1 is 1.09 bits per heavy atom. The molecular formula is C25H30FN3O3. The molecule has 1 aliphatic heterocycles. The highest BCUT2D eigenvalue weighted by atomic mass is 19.1. The van der Waals surface area contributed by atoms with Gasteiger partial charge in [0, 0.05) is 37.4 Å². The van der Waals surface area contributed by atoms with Crippen molar-refractivity contribution < 1.29 is 18.8 Å². The van der Waals surface area contributed by atoms with E-state index in [2.05, 4.69) is 5.32 Å².